The van der Waals surface area contributed by atoms with Gasteiger partial charge in [0.25, 0.3) is 0 Å². The fourth-order valence-corrected chi connectivity index (χ4v) is 1.82. The molecule has 17 heavy (non-hydrogen) atoms. The molecule has 0 radical (unpaired) electrons. The Morgan fingerprint density at radius 3 is 2.94 bits per heavy atom. The Balaban J connectivity index is 0.00000128. The van der Waals surface area contributed by atoms with Gasteiger partial charge in [0.2, 0.25) is 0 Å². The topological polar surface area (TPSA) is 52.0 Å². The van der Waals surface area contributed by atoms with Crippen molar-refractivity contribution >= 4 is 24.8 Å². The Labute approximate surface area is 114 Å². The number of hydrogen-bond acceptors (Lipinski definition) is 4. The van der Waals surface area contributed by atoms with Gasteiger partial charge in [0.05, 0.1) is 19.8 Å². The van der Waals surface area contributed by atoms with Gasteiger partial charge in [-0.25, -0.2) is 4.98 Å². The first-order valence-corrected chi connectivity index (χ1v) is 5.56. The van der Waals surface area contributed by atoms with Crippen LogP contribution < -0.4 is 5.32 Å². The smallest absolute Gasteiger partial charge is 0.137 e. The minimum absolute atomic E-state index is 0. The molecule has 0 spiro atoms. The maximum absolute atomic E-state index is 5.62. The highest BCUT2D eigenvalue weighted by atomic mass is 35.5. The second kappa shape index (κ2) is 9.65. The molecule has 1 aromatic heterocycles. The van der Waals surface area contributed by atoms with Gasteiger partial charge in [0.15, 0.2) is 0 Å². The van der Waals surface area contributed by atoms with E-state index in [0.29, 0.717) is 5.92 Å². The summed E-state index contributed by atoms with van der Waals surface area (Å²) in [5.41, 5.74) is 0. The van der Waals surface area contributed by atoms with Crippen molar-refractivity contribution in [3.63, 3.8) is 0 Å². The van der Waals surface area contributed by atoms with Crippen LogP contribution in [-0.4, -0.2) is 41.1 Å². The van der Waals surface area contributed by atoms with Crippen LogP contribution in [-0.2, 0) is 11.3 Å². The van der Waals surface area contributed by atoms with E-state index in [-0.39, 0.29) is 24.8 Å². The standard InChI is InChI=1S/C10H18N4O.2ClH/c1-2-10(6-11-3-1)7-15-5-4-14-9-12-8-13-14;;/h8-11H,1-7H2;2*1H/t10-;;/m0../s1. The minimum atomic E-state index is 0. The normalized spacial score (nSPS) is 19.2. The summed E-state index contributed by atoms with van der Waals surface area (Å²) in [6.07, 6.45) is 5.82. The van der Waals surface area contributed by atoms with Gasteiger partial charge in [-0.2, -0.15) is 5.10 Å². The lowest BCUT2D eigenvalue weighted by Gasteiger charge is -2.22. The summed E-state index contributed by atoms with van der Waals surface area (Å²) < 4.78 is 7.41. The van der Waals surface area contributed by atoms with E-state index in [1.807, 2.05) is 0 Å². The number of hydrogen-bond donors (Lipinski definition) is 1. The lowest BCUT2D eigenvalue weighted by atomic mass is 10.0. The van der Waals surface area contributed by atoms with Crippen LogP contribution >= 0.6 is 24.8 Å². The Morgan fingerprint density at radius 2 is 2.29 bits per heavy atom. The first-order valence-electron chi connectivity index (χ1n) is 5.56. The molecule has 1 aliphatic rings. The molecule has 7 heteroatoms. The first-order chi connectivity index (χ1) is 7.45. The van der Waals surface area contributed by atoms with E-state index in [9.17, 15) is 0 Å². The van der Waals surface area contributed by atoms with Gasteiger partial charge in [-0.15, -0.1) is 24.8 Å². The molecular weight excluding hydrogens is 263 g/mol. The van der Waals surface area contributed by atoms with Crippen LogP contribution in [0, 0.1) is 5.92 Å². The number of rotatable bonds is 5. The van der Waals surface area contributed by atoms with Crippen molar-refractivity contribution in [2.75, 3.05) is 26.3 Å². The molecule has 0 amide bonds. The second-order valence-corrected chi connectivity index (χ2v) is 3.95. The average molecular weight is 283 g/mol. The predicted molar refractivity (Wildman–Crippen MR) is 70.9 cm³/mol. The van der Waals surface area contributed by atoms with E-state index >= 15 is 0 Å². The summed E-state index contributed by atoms with van der Waals surface area (Å²) in [7, 11) is 0. The van der Waals surface area contributed by atoms with Crippen molar-refractivity contribution in [3.05, 3.63) is 12.7 Å². The zero-order valence-electron chi connectivity index (χ0n) is 9.75. The molecule has 1 N–H and O–H groups in total. The largest absolute Gasteiger partial charge is 0.379 e. The number of piperidine rings is 1. The van der Waals surface area contributed by atoms with Crippen molar-refractivity contribution in [2.24, 2.45) is 5.92 Å². The highest BCUT2D eigenvalue weighted by Crippen LogP contribution is 2.09. The van der Waals surface area contributed by atoms with Crippen LogP contribution in [0.2, 0.25) is 0 Å². The van der Waals surface area contributed by atoms with Gasteiger partial charge in [0, 0.05) is 6.54 Å². The molecule has 1 saturated heterocycles. The lowest BCUT2D eigenvalue weighted by molar-refractivity contribution is 0.0825. The summed E-state index contributed by atoms with van der Waals surface area (Å²) in [5.74, 6) is 0.689. The molecule has 1 aromatic rings. The van der Waals surface area contributed by atoms with Gasteiger partial charge < -0.3 is 10.1 Å². The van der Waals surface area contributed by atoms with E-state index in [2.05, 4.69) is 15.4 Å². The van der Waals surface area contributed by atoms with Gasteiger partial charge in [-0.05, 0) is 25.3 Å². The molecule has 0 aliphatic carbocycles. The molecule has 5 nitrogen and oxygen atoms in total. The summed E-state index contributed by atoms with van der Waals surface area (Å²) in [6.45, 7) is 4.64. The van der Waals surface area contributed by atoms with Crippen molar-refractivity contribution in [1.82, 2.24) is 20.1 Å². The quantitative estimate of drug-likeness (QED) is 0.823. The van der Waals surface area contributed by atoms with Crippen LogP contribution in [0.15, 0.2) is 12.7 Å². The third kappa shape index (κ3) is 6.21. The number of ether oxygens (including phenoxy) is 1. The van der Waals surface area contributed by atoms with Crippen molar-refractivity contribution in [1.29, 1.82) is 0 Å². The highest BCUT2D eigenvalue weighted by Gasteiger charge is 2.12. The molecular formula is C10H20Cl2N4O. The number of aromatic nitrogens is 3. The maximum Gasteiger partial charge on any atom is 0.137 e. The summed E-state index contributed by atoms with van der Waals surface area (Å²) >= 11 is 0. The maximum atomic E-state index is 5.62. The average Bonchev–Trinajstić information content (AvgIpc) is 2.79. The molecule has 1 fully saturated rings. The van der Waals surface area contributed by atoms with E-state index in [1.54, 1.807) is 17.3 Å². The highest BCUT2D eigenvalue weighted by molar-refractivity contribution is 5.85. The van der Waals surface area contributed by atoms with Crippen molar-refractivity contribution in [2.45, 2.75) is 19.4 Å². The summed E-state index contributed by atoms with van der Waals surface area (Å²) in [4.78, 5) is 3.88. The molecule has 0 unspecified atom stereocenters. The van der Waals surface area contributed by atoms with Crippen LogP contribution in [0.3, 0.4) is 0 Å². The summed E-state index contributed by atoms with van der Waals surface area (Å²) in [5, 5.41) is 7.40. The SMILES string of the molecule is Cl.Cl.c1ncn(CCOC[C@H]2CCCNC2)n1. The van der Waals surface area contributed by atoms with E-state index in [4.69, 9.17) is 4.74 Å². The molecule has 1 atom stereocenters. The molecule has 2 rings (SSSR count). The molecule has 0 aromatic carbocycles. The van der Waals surface area contributed by atoms with Crippen LogP contribution in [0.4, 0.5) is 0 Å². The lowest BCUT2D eigenvalue weighted by Crippen LogP contribution is -2.32. The predicted octanol–water partition coefficient (Wildman–Crippen LogP) is 1.14. The van der Waals surface area contributed by atoms with Gasteiger partial charge in [0.1, 0.15) is 12.7 Å². The van der Waals surface area contributed by atoms with Crippen molar-refractivity contribution < 1.29 is 4.74 Å². The Bertz CT molecular complexity index is 265. The zero-order valence-corrected chi connectivity index (χ0v) is 11.4. The van der Waals surface area contributed by atoms with E-state index in [1.165, 1.54) is 12.8 Å². The fraction of sp³-hybridized carbons (Fsp3) is 0.800. The van der Waals surface area contributed by atoms with E-state index < -0.39 is 0 Å². The third-order valence-corrected chi connectivity index (χ3v) is 2.68. The van der Waals surface area contributed by atoms with Gasteiger partial charge in [-0.1, -0.05) is 0 Å². The molecule has 0 bridgehead atoms. The zero-order chi connectivity index (χ0) is 10.3. The minimum Gasteiger partial charge on any atom is -0.379 e. The Hall–Kier alpha value is -0.360. The monoisotopic (exact) mass is 282 g/mol. The molecule has 100 valence electrons. The fourth-order valence-electron chi connectivity index (χ4n) is 1.82. The third-order valence-electron chi connectivity index (χ3n) is 2.68. The van der Waals surface area contributed by atoms with Crippen LogP contribution in [0.5, 0.6) is 0 Å². The Morgan fingerprint density at radius 1 is 1.41 bits per heavy atom. The molecule has 0 saturated carbocycles. The molecule has 2 heterocycles. The molecule has 1 aliphatic heterocycles. The number of halogens is 2. The van der Waals surface area contributed by atoms with Crippen molar-refractivity contribution in [3.8, 4) is 0 Å². The van der Waals surface area contributed by atoms with Crippen LogP contribution in [0.1, 0.15) is 12.8 Å². The van der Waals surface area contributed by atoms with Gasteiger partial charge >= 0.3 is 0 Å². The number of nitrogens with one attached hydrogen (secondary N) is 1. The summed E-state index contributed by atoms with van der Waals surface area (Å²) in [6, 6.07) is 0. The Kier molecular flexibility index (Phi) is 9.44. The first kappa shape index (κ1) is 16.6. The second-order valence-electron chi connectivity index (χ2n) is 3.95. The number of nitrogens with zero attached hydrogens (tertiary/aromatic N) is 3. The van der Waals surface area contributed by atoms with Gasteiger partial charge in [-0.3, -0.25) is 4.68 Å². The van der Waals surface area contributed by atoms with Crippen LogP contribution in [0.25, 0.3) is 0 Å². The van der Waals surface area contributed by atoms with E-state index in [0.717, 1.165) is 32.8 Å².